The molecule has 0 unspecified atom stereocenters. The Bertz CT molecular complexity index is 683. The van der Waals surface area contributed by atoms with Crippen LogP contribution >= 0.6 is 0 Å². The maximum Gasteiger partial charge on any atom is 0.418 e. The molecule has 1 aromatic rings. The molecule has 0 spiro atoms. The molecule has 1 amide bonds. The molecular formula is C16H14F3NO3. The van der Waals surface area contributed by atoms with Gasteiger partial charge in [-0.15, -0.1) is 0 Å². The summed E-state index contributed by atoms with van der Waals surface area (Å²) in [7, 11) is 0. The van der Waals surface area contributed by atoms with Crippen LogP contribution in [0.1, 0.15) is 12.0 Å². The number of benzene rings is 1. The highest BCUT2D eigenvalue weighted by molar-refractivity contribution is 5.97. The molecule has 0 saturated heterocycles. The lowest BCUT2D eigenvalue weighted by Gasteiger charge is -2.24. The molecule has 2 aliphatic carbocycles. The topological polar surface area (TPSA) is 66.4 Å². The van der Waals surface area contributed by atoms with Crippen LogP contribution in [0, 0.1) is 23.7 Å². The molecule has 7 heteroatoms. The largest absolute Gasteiger partial charge is 0.481 e. The Kier molecular flexibility index (Phi) is 3.66. The van der Waals surface area contributed by atoms with Crippen LogP contribution in [0.25, 0.3) is 0 Å². The first-order valence-electron chi connectivity index (χ1n) is 7.17. The van der Waals surface area contributed by atoms with Gasteiger partial charge in [-0.05, 0) is 30.4 Å². The quantitative estimate of drug-likeness (QED) is 0.839. The van der Waals surface area contributed by atoms with E-state index < -0.39 is 35.5 Å². The number of alkyl halides is 3. The summed E-state index contributed by atoms with van der Waals surface area (Å²) in [5.41, 5.74) is -1.29. The fraction of sp³-hybridized carbons (Fsp3) is 0.375. The van der Waals surface area contributed by atoms with E-state index in [2.05, 4.69) is 5.32 Å². The zero-order valence-corrected chi connectivity index (χ0v) is 11.9. The molecule has 1 saturated carbocycles. The number of halogens is 3. The summed E-state index contributed by atoms with van der Waals surface area (Å²) >= 11 is 0. The summed E-state index contributed by atoms with van der Waals surface area (Å²) < 4.78 is 38.9. The first-order chi connectivity index (χ1) is 10.8. The van der Waals surface area contributed by atoms with E-state index in [0.29, 0.717) is 6.42 Å². The number of carbonyl (C=O) groups excluding carboxylic acids is 1. The van der Waals surface area contributed by atoms with Crippen LogP contribution in [0.4, 0.5) is 18.9 Å². The summed E-state index contributed by atoms with van der Waals surface area (Å²) in [5, 5.41) is 11.6. The van der Waals surface area contributed by atoms with Gasteiger partial charge in [-0.25, -0.2) is 0 Å². The van der Waals surface area contributed by atoms with Gasteiger partial charge >= 0.3 is 12.1 Å². The number of aliphatic carboxylic acids is 1. The number of para-hydroxylation sites is 1. The highest BCUT2D eigenvalue weighted by Gasteiger charge is 2.51. The smallest absolute Gasteiger partial charge is 0.418 e. The van der Waals surface area contributed by atoms with Crippen LogP contribution in [-0.2, 0) is 15.8 Å². The Labute approximate surface area is 130 Å². The van der Waals surface area contributed by atoms with Crippen LogP contribution in [0.2, 0.25) is 0 Å². The van der Waals surface area contributed by atoms with E-state index in [1.165, 1.54) is 18.2 Å². The Balaban J connectivity index is 1.86. The summed E-state index contributed by atoms with van der Waals surface area (Å²) in [5.74, 6) is -3.96. The fourth-order valence-electron chi connectivity index (χ4n) is 3.57. The highest BCUT2D eigenvalue weighted by Crippen LogP contribution is 2.48. The van der Waals surface area contributed by atoms with Crippen molar-refractivity contribution >= 4 is 17.6 Å². The third-order valence-electron chi connectivity index (χ3n) is 4.54. The molecule has 1 fully saturated rings. The number of carboxylic acids is 1. The van der Waals surface area contributed by atoms with Gasteiger partial charge in [0.1, 0.15) is 0 Å². The van der Waals surface area contributed by atoms with E-state index in [1.54, 1.807) is 12.2 Å². The number of amides is 1. The molecule has 3 rings (SSSR count). The van der Waals surface area contributed by atoms with Crippen LogP contribution in [-0.4, -0.2) is 17.0 Å². The second kappa shape index (κ2) is 5.40. The number of allylic oxidation sites excluding steroid dienone is 2. The van der Waals surface area contributed by atoms with Gasteiger partial charge in [0.2, 0.25) is 5.91 Å². The first kappa shape index (κ1) is 15.6. The van der Waals surface area contributed by atoms with Crippen molar-refractivity contribution in [2.75, 3.05) is 5.32 Å². The van der Waals surface area contributed by atoms with Gasteiger partial charge in [0.05, 0.1) is 23.1 Å². The number of nitrogens with one attached hydrogen (secondary N) is 1. The predicted octanol–water partition coefficient (Wildman–Crippen LogP) is 3.17. The zero-order valence-electron chi connectivity index (χ0n) is 11.9. The van der Waals surface area contributed by atoms with Crippen molar-refractivity contribution < 1.29 is 27.9 Å². The number of hydrogen-bond acceptors (Lipinski definition) is 2. The van der Waals surface area contributed by atoms with Crippen molar-refractivity contribution in [3.05, 3.63) is 42.0 Å². The van der Waals surface area contributed by atoms with Crippen molar-refractivity contribution in [2.45, 2.75) is 12.6 Å². The molecule has 1 aromatic carbocycles. The van der Waals surface area contributed by atoms with Gasteiger partial charge in [-0.2, -0.15) is 13.2 Å². The maximum atomic E-state index is 13.0. The monoisotopic (exact) mass is 325 g/mol. The van der Waals surface area contributed by atoms with E-state index in [9.17, 15) is 27.9 Å². The normalized spacial score (nSPS) is 28.8. The molecule has 0 aliphatic heterocycles. The average Bonchev–Trinajstić information content (AvgIpc) is 3.07. The Hall–Kier alpha value is -2.31. The van der Waals surface area contributed by atoms with Gasteiger partial charge in [0.25, 0.3) is 0 Å². The Morgan fingerprint density at radius 3 is 2.30 bits per heavy atom. The minimum Gasteiger partial charge on any atom is -0.481 e. The molecule has 23 heavy (non-hydrogen) atoms. The number of carboxylic acid groups (broad SMARTS) is 1. The van der Waals surface area contributed by atoms with Crippen LogP contribution in [0.3, 0.4) is 0 Å². The highest BCUT2D eigenvalue weighted by atomic mass is 19.4. The molecule has 2 N–H and O–H groups in total. The number of rotatable bonds is 3. The van der Waals surface area contributed by atoms with Crippen molar-refractivity contribution in [3.8, 4) is 0 Å². The van der Waals surface area contributed by atoms with Crippen LogP contribution in [0.15, 0.2) is 36.4 Å². The third kappa shape index (κ3) is 2.71. The van der Waals surface area contributed by atoms with Gasteiger partial charge in [-0.1, -0.05) is 24.3 Å². The predicted molar refractivity (Wildman–Crippen MR) is 75.4 cm³/mol. The number of hydrogen-bond donors (Lipinski definition) is 2. The van der Waals surface area contributed by atoms with Crippen molar-refractivity contribution in [1.29, 1.82) is 0 Å². The summed E-state index contributed by atoms with van der Waals surface area (Å²) in [6.07, 6.45) is -0.485. The van der Waals surface area contributed by atoms with E-state index >= 15 is 0 Å². The molecular weight excluding hydrogens is 311 g/mol. The van der Waals surface area contributed by atoms with E-state index in [0.717, 1.165) is 6.07 Å². The van der Waals surface area contributed by atoms with Crippen molar-refractivity contribution in [2.24, 2.45) is 23.7 Å². The Morgan fingerprint density at radius 2 is 1.70 bits per heavy atom. The van der Waals surface area contributed by atoms with Crippen molar-refractivity contribution in [3.63, 3.8) is 0 Å². The lowest BCUT2D eigenvalue weighted by Crippen LogP contribution is -2.36. The standard InChI is InChI=1S/C16H14F3NO3/c17-16(18,19)10-3-1-2-4-11(10)20-14(21)12-8-5-6-9(7-8)13(12)15(22)23/h1-6,8-9,12-13H,7H2,(H,20,21)(H,22,23)/t8-,9-,12+,13+/m0/s1. The van der Waals surface area contributed by atoms with Gasteiger partial charge in [0.15, 0.2) is 0 Å². The third-order valence-corrected chi connectivity index (χ3v) is 4.54. The zero-order chi connectivity index (χ0) is 16.8. The van der Waals surface area contributed by atoms with Crippen LogP contribution < -0.4 is 5.32 Å². The molecule has 2 aliphatic rings. The molecule has 0 aromatic heterocycles. The van der Waals surface area contributed by atoms with Gasteiger partial charge in [0, 0.05) is 0 Å². The van der Waals surface area contributed by atoms with Crippen LogP contribution in [0.5, 0.6) is 0 Å². The number of fused-ring (bicyclic) bond motifs is 2. The maximum absolute atomic E-state index is 13.0. The summed E-state index contributed by atoms with van der Waals surface area (Å²) in [6, 6.07) is 4.67. The minimum absolute atomic E-state index is 0.230. The Morgan fingerprint density at radius 1 is 1.09 bits per heavy atom. The number of carbonyl (C=O) groups is 2. The SMILES string of the molecule is O=C(O)[C@H]1[C@H](C(=O)Nc2ccccc2C(F)(F)F)[C@H]2C=C[C@H]1C2. The van der Waals surface area contributed by atoms with E-state index in [4.69, 9.17) is 0 Å². The molecule has 4 atom stereocenters. The van der Waals surface area contributed by atoms with E-state index in [1.807, 2.05) is 0 Å². The van der Waals surface area contributed by atoms with Crippen molar-refractivity contribution in [1.82, 2.24) is 0 Å². The summed E-state index contributed by atoms with van der Waals surface area (Å²) in [4.78, 5) is 23.8. The molecule has 122 valence electrons. The second-order valence-corrected chi connectivity index (χ2v) is 5.87. The molecule has 2 bridgehead atoms. The molecule has 0 radical (unpaired) electrons. The second-order valence-electron chi connectivity index (χ2n) is 5.87. The lowest BCUT2D eigenvalue weighted by molar-refractivity contribution is -0.147. The minimum atomic E-state index is -4.59. The number of anilines is 1. The van der Waals surface area contributed by atoms with Gasteiger partial charge in [-0.3, -0.25) is 9.59 Å². The summed E-state index contributed by atoms with van der Waals surface area (Å²) in [6.45, 7) is 0. The van der Waals surface area contributed by atoms with Gasteiger partial charge < -0.3 is 10.4 Å². The first-order valence-corrected chi connectivity index (χ1v) is 7.17. The lowest BCUT2D eigenvalue weighted by atomic mass is 9.82. The average molecular weight is 325 g/mol. The van der Waals surface area contributed by atoms with E-state index in [-0.39, 0.29) is 17.5 Å². The fourth-order valence-corrected chi connectivity index (χ4v) is 3.57. The molecule has 0 heterocycles. The molecule has 4 nitrogen and oxygen atoms in total.